The fourth-order valence-electron chi connectivity index (χ4n) is 2.76. The Kier molecular flexibility index (Phi) is 4.45. The maximum Gasteiger partial charge on any atom is 0.138 e. The van der Waals surface area contributed by atoms with Crippen molar-refractivity contribution in [2.75, 3.05) is 24.2 Å². The number of hydrogen-bond donors (Lipinski definition) is 2. The highest BCUT2D eigenvalue weighted by Crippen LogP contribution is 2.49. The zero-order valence-electron chi connectivity index (χ0n) is 14.4. The van der Waals surface area contributed by atoms with Gasteiger partial charge in [0.1, 0.15) is 17.5 Å². The van der Waals surface area contributed by atoms with E-state index in [1.54, 1.807) is 0 Å². The molecule has 1 aliphatic carbocycles. The van der Waals surface area contributed by atoms with Crippen molar-refractivity contribution in [2.24, 2.45) is 5.41 Å². The van der Waals surface area contributed by atoms with Gasteiger partial charge in [-0.05, 0) is 31.6 Å². The van der Waals surface area contributed by atoms with Gasteiger partial charge in [0.05, 0.1) is 0 Å². The molecule has 1 heterocycles. The molecule has 0 atom stereocenters. The van der Waals surface area contributed by atoms with Gasteiger partial charge in [0.25, 0.3) is 0 Å². The number of aromatic nitrogens is 2. The number of hydrogen-bond acceptors (Lipinski definition) is 4. The first-order chi connectivity index (χ1) is 9.81. The van der Waals surface area contributed by atoms with Gasteiger partial charge in [-0.1, -0.05) is 34.1 Å². The lowest BCUT2D eigenvalue weighted by Gasteiger charge is -2.22. The Balaban J connectivity index is 2.21. The molecule has 0 unspecified atom stereocenters. The molecule has 1 aliphatic rings. The Bertz CT molecular complexity index is 498. The summed E-state index contributed by atoms with van der Waals surface area (Å²) >= 11 is 0. The molecule has 0 spiro atoms. The lowest BCUT2D eigenvalue weighted by Crippen LogP contribution is -2.21. The molecule has 21 heavy (non-hydrogen) atoms. The molecule has 1 aromatic rings. The smallest absolute Gasteiger partial charge is 0.138 e. The quantitative estimate of drug-likeness (QED) is 0.827. The second-order valence-corrected chi connectivity index (χ2v) is 7.47. The molecular weight excluding hydrogens is 260 g/mol. The Labute approximate surface area is 129 Å². The third-order valence-electron chi connectivity index (χ3n) is 4.42. The minimum atomic E-state index is -0.0452. The number of nitrogens with one attached hydrogen (secondary N) is 2. The van der Waals surface area contributed by atoms with E-state index in [0.29, 0.717) is 5.41 Å². The van der Waals surface area contributed by atoms with E-state index in [9.17, 15) is 0 Å². The third-order valence-corrected chi connectivity index (χ3v) is 4.42. The van der Waals surface area contributed by atoms with Crippen LogP contribution >= 0.6 is 0 Å². The Morgan fingerprint density at radius 1 is 1.14 bits per heavy atom. The van der Waals surface area contributed by atoms with Crippen LogP contribution in [0, 0.1) is 12.3 Å². The van der Waals surface area contributed by atoms with Crippen molar-refractivity contribution in [1.82, 2.24) is 9.97 Å². The van der Waals surface area contributed by atoms with Gasteiger partial charge >= 0.3 is 0 Å². The second-order valence-electron chi connectivity index (χ2n) is 7.47. The molecule has 2 rings (SSSR count). The number of nitrogens with zero attached hydrogens (tertiary/aromatic N) is 2. The highest BCUT2D eigenvalue weighted by molar-refractivity contribution is 5.57. The normalized spacial score (nSPS) is 16.7. The van der Waals surface area contributed by atoms with Crippen molar-refractivity contribution in [3.05, 3.63) is 11.4 Å². The molecule has 118 valence electrons. The molecule has 0 amide bonds. The molecule has 1 aromatic heterocycles. The van der Waals surface area contributed by atoms with Crippen LogP contribution in [-0.4, -0.2) is 23.6 Å². The van der Waals surface area contributed by atoms with Crippen LogP contribution in [0.1, 0.15) is 64.8 Å². The van der Waals surface area contributed by atoms with Crippen LogP contribution in [0.5, 0.6) is 0 Å². The molecule has 2 N–H and O–H groups in total. The molecule has 0 saturated heterocycles. The van der Waals surface area contributed by atoms with Crippen molar-refractivity contribution in [2.45, 2.75) is 65.7 Å². The molecule has 0 bridgehead atoms. The van der Waals surface area contributed by atoms with Gasteiger partial charge in [0.15, 0.2) is 0 Å². The summed E-state index contributed by atoms with van der Waals surface area (Å²) in [6, 6.07) is 0. The van der Waals surface area contributed by atoms with E-state index in [0.717, 1.165) is 29.6 Å². The standard InChI is InChI=1S/C17H30N4/c1-7-8-17(9-10-17)11-19-14-12(2)13(18-6)20-15(21-14)16(3,4)5/h7-11H2,1-6H3,(H2,18,19,20,21). The Hall–Kier alpha value is -1.32. The fourth-order valence-corrected chi connectivity index (χ4v) is 2.76. The summed E-state index contributed by atoms with van der Waals surface area (Å²) in [5, 5.41) is 6.79. The Morgan fingerprint density at radius 2 is 1.76 bits per heavy atom. The van der Waals surface area contributed by atoms with Gasteiger partial charge in [-0.25, -0.2) is 9.97 Å². The maximum absolute atomic E-state index is 4.78. The molecular formula is C17H30N4. The van der Waals surface area contributed by atoms with Crippen molar-refractivity contribution in [3.63, 3.8) is 0 Å². The second kappa shape index (κ2) is 5.82. The highest BCUT2D eigenvalue weighted by Gasteiger charge is 2.41. The van der Waals surface area contributed by atoms with Crippen LogP contribution in [-0.2, 0) is 5.41 Å². The largest absolute Gasteiger partial charge is 0.373 e. The average molecular weight is 290 g/mol. The first-order valence-electron chi connectivity index (χ1n) is 8.12. The van der Waals surface area contributed by atoms with Crippen LogP contribution in [0.4, 0.5) is 11.6 Å². The van der Waals surface area contributed by atoms with Crippen LogP contribution < -0.4 is 10.6 Å². The third kappa shape index (κ3) is 3.66. The monoisotopic (exact) mass is 290 g/mol. The van der Waals surface area contributed by atoms with E-state index >= 15 is 0 Å². The predicted molar refractivity (Wildman–Crippen MR) is 90.1 cm³/mol. The minimum absolute atomic E-state index is 0.0452. The first kappa shape index (κ1) is 16.1. The summed E-state index contributed by atoms with van der Waals surface area (Å²) < 4.78 is 0. The summed E-state index contributed by atoms with van der Waals surface area (Å²) in [6.45, 7) is 11.8. The fraction of sp³-hybridized carbons (Fsp3) is 0.765. The zero-order chi connectivity index (χ0) is 15.7. The van der Waals surface area contributed by atoms with Crippen molar-refractivity contribution in [3.8, 4) is 0 Å². The summed E-state index contributed by atoms with van der Waals surface area (Å²) in [5.74, 6) is 2.81. The van der Waals surface area contributed by atoms with Gasteiger partial charge in [0, 0.05) is 24.6 Å². The van der Waals surface area contributed by atoms with Crippen LogP contribution in [0.3, 0.4) is 0 Å². The number of anilines is 2. The van der Waals surface area contributed by atoms with Gasteiger partial charge < -0.3 is 10.6 Å². The van der Waals surface area contributed by atoms with Crippen molar-refractivity contribution >= 4 is 11.6 Å². The van der Waals surface area contributed by atoms with Crippen molar-refractivity contribution < 1.29 is 0 Å². The first-order valence-corrected chi connectivity index (χ1v) is 8.12. The summed E-state index contributed by atoms with van der Waals surface area (Å²) in [6.07, 6.45) is 5.28. The Morgan fingerprint density at radius 3 is 2.24 bits per heavy atom. The molecule has 1 fully saturated rings. The lowest BCUT2D eigenvalue weighted by molar-refractivity contribution is 0.484. The molecule has 0 aromatic carbocycles. The van der Waals surface area contributed by atoms with E-state index in [-0.39, 0.29) is 5.41 Å². The van der Waals surface area contributed by atoms with Gasteiger partial charge in [0.2, 0.25) is 0 Å². The summed E-state index contributed by atoms with van der Waals surface area (Å²) in [7, 11) is 1.92. The number of rotatable bonds is 6. The van der Waals surface area contributed by atoms with Crippen molar-refractivity contribution in [1.29, 1.82) is 0 Å². The van der Waals surface area contributed by atoms with E-state index in [4.69, 9.17) is 4.98 Å². The minimum Gasteiger partial charge on any atom is -0.373 e. The van der Waals surface area contributed by atoms with Gasteiger partial charge in [-0.2, -0.15) is 0 Å². The highest BCUT2D eigenvalue weighted by atomic mass is 15.1. The SMILES string of the molecule is CCCC1(CNc2nc(C(C)(C)C)nc(NC)c2C)CC1. The van der Waals surface area contributed by atoms with Crippen LogP contribution in [0.2, 0.25) is 0 Å². The van der Waals surface area contributed by atoms with E-state index in [2.05, 4.69) is 50.2 Å². The van der Waals surface area contributed by atoms with Crippen LogP contribution in [0.15, 0.2) is 0 Å². The predicted octanol–water partition coefficient (Wildman–Crippen LogP) is 4.12. The zero-order valence-corrected chi connectivity index (χ0v) is 14.4. The molecule has 4 nitrogen and oxygen atoms in total. The lowest BCUT2D eigenvalue weighted by atomic mass is 9.95. The van der Waals surface area contributed by atoms with Crippen LogP contribution in [0.25, 0.3) is 0 Å². The molecule has 4 heteroatoms. The topological polar surface area (TPSA) is 49.8 Å². The van der Waals surface area contributed by atoms with Gasteiger partial charge in [-0.15, -0.1) is 0 Å². The summed E-state index contributed by atoms with van der Waals surface area (Å²) in [4.78, 5) is 9.44. The average Bonchev–Trinajstić information content (AvgIpc) is 3.17. The molecule has 0 radical (unpaired) electrons. The van der Waals surface area contributed by atoms with Gasteiger partial charge in [-0.3, -0.25) is 0 Å². The summed E-state index contributed by atoms with van der Waals surface area (Å²) in [5.41, 5.74) is 1.59. The van der Waals surface area contributed by atoms with E-state index in [1.807, 2.05) is 7.05 Å². The molecule has 0 aliphatic heterocycles. The maximum atomic E-state index is 4.78. The molecule has 1 saturated carbocycles. The van der Waals surface area contributed by atoms with E-state index in [1.165, 1.54) is 25.7 Å². The van der Waals surface area contributed by atoms with E-state index < -0.39 is 0 Å².